The summed E-state index contributed by atoms with van der Waals surface area (Å²) in [6.45, 7) is 8.01. The molecule has 0 aromatic heterocycles. The van der Waals surface area contributed by atoms with Crippen molar-refractivity contribution in [2.75, 3.05) is 13.7 Å². The number of carbonyl (C=O) groups excluding carboxylic acids is 1. The van der Waals surface area contributed by atoms with E-state index in [-0.39, 0.29) is 30.6 Å². The Balaban J connectivity index is 2.89. The summed E-state index contributed by atoms with van der Waals surface area (Å²) in [5.74, 6) is 0.290. The number of rotatable bonds is 5. The minimum Gasteiger partial charge on any atom is -0.394 e. The molecule has 2 N–H and O–H groups in total. The van der Waals surface area contributed by atoms with Crippen LogP contribution in [0.2, 0.25) is 0 Å². The lowest BCUT2D eigenvalue weighted by molar-refractivity contribution is 0.152. The average molecular weight is 278 g/mol. The number of aliphatic hydroxyl groups is 1. The minimum absolute atomic E-state index is 0.0305. The van der Waals surface area contributed by atoms with E-state index in [0.29, 0.717) is 0 Å². The van der Waals surface area contributed by atoms with Gasteiger partial charge in [-0.3, -0.25) is 0 Å². The third-order valence-electron chi connectivity index (χ3n) is 3.71. The fourth-order valence-electron chi connectivity index (χ4n) is 2.10. The van der Waals surface area contributed by atoms with Gasteiger partial charge in [-0.2, -0.15) is 0 Å². The van der Waals surface area contributed by atoms with Crippen molar-refractivity contribution in [1.82, 2.24) is 10.2 Å². The number of nitrogens with one attached hydrogen (secondary N) is 1. The maximum Gasteiger partial charge on any atom is 0.317 e. The summed E-state index contributed by atoms with van der Waals surface area (Å²) in [5.41, 5.74) is 2.31. The van der Waals surface area contributed by atoms with E-state index in [0.717, 1.165) is 5.56 Å². The summed E-state index contributed by atoms with van der Waals surface area (Å²) < 4.78 is 0. The number of benzene rings is 1. The number of hydrogen-bond donors (Lipinski definition) is 2. The number of likely N-dealkylation sites (N-methyl/N-ethyl adjacent to an activating group) is 1. The van der Waals surface area contributed by atoms with Gasteiger partial charge in [0.25, 0.3) is 0 Å². The standard InChI is InChI=1S/C16H26N2O2/c1-11(2)15(14-9-7-6-8-12(14)3)17-16(20)18(5)13(4)10-19/h6-9,11,13,15,19H,10H2,1-5H3,(H,17,20). The molecule has 4 nitrogen and oxygen atoms in total. The van der Waals surface area contributed by atoms with Crippen LogP contribution in [-0.4, -0.2) is 35.7 Å². The summed E-state index contributed by atoms with van der Waals surface area (Å²) >= 11 is 0. The van der Waals surface area contributed by atoms with Crippen molar-refractivity contribution < 1.29 is 9.90 Å². The molecule has 0 aliphatic carbocycles. The van der Waals surface area contributed by atoms with Crippen LogP contribution >= 0.6 is 0 Å². The predicted molar refractivity (Wildman–Crippen MR) is 81.6 cm³/mol. The second-order valence-electron chi connectivity index (χ2n) is 5.67. The molecule has 0 aliphatic rings. The van der Waals surface area contributed by atoms with Crippen molar-refractivity contribution in [2.45, 2.75) is 39.8 Å². The summed E-state index contributed by atoms with van der Waals surface area (Å²) in [7, 11) is 1.70. The molecule has 0 fully saturated rings. The molecule has 2 unspecified atom stereocenters. The Kier molecular flexibility index (Phi) is 6.02. The molecule has 112 valence electrons. The molecule has 2 amide bonds. The highest BCUT2D eigenvalue weighted by molar-refractivity contribution is 5.74. The first-order valence-corrected chi connectivity index (χ1v) is 7.08. The van der Waals surface area contributed by atoms with Crippen LogP contribution in [0.15, 0.2) is 24.3 Å². The van der Waals surface area contributed by atoms with Crippen LogP contribution < -0.4 is 5.32 Å². The van der Waals surface area contributed by atoms with Crippen molar-refractivity contribution >= 4 is 6.03 Å². The van der Waals surface area contributed by atoms with Crippen molar-refractivity contribution in [2.24, 2.45) is 5.92 Å². The van der Waals surface area contributed by atoms with Gasteiger partial charge >= 0.3 is 6.03 Å². The Morgan fingerprint density at radius 1 is 1.30 bits per heavy atom. The molecular weight excluding hydrogens is 252 g/mol. The van der Waals surface area contributed by atoms with Gasteiger partial charge in [-0.1, -0.05) is 38.1 Å². The maximum absolute atomic E-state index is 12.2. The second kappa shape index (κ2) is 7.29. The zero-order valence-electron chi connectivity index (χ0n) is 13.1. The van der Waals surface area contributed by atoms with Crippen LogP contribution in [0.1, 0.15) is 37.9 Å². The van der Waals surface area contributed by atoms with Gasteiger partial charge in [0, 0.05) is 7.05 Å². The predicted octanol–water partition coefficient (Wildman–Crippen LogP) is 2.71. The highest BCUT2D eigenvalue weighted by Crippen LogP contribution is 2.24. The third kappa shape index (κ3) is 3.97. The number of carbonyl (C=O) groups is 1. The van der Waals surface area contributed by atoms with Crippen LogP contribution in [0.5, 0.6) is 0 Å². The molecule has 1 aromatic rings. The first-order valence-electron chi connectivity index (χ1n) is 7.08. The molecular formula is C16H26N2O2. The largest absolute Gasteiger partial charge is 0.394 e. The molecule has 4 heteroatoms. The van der Waals surface area contributed by atoms with Crippen molar-refractivity contribution in [3.8, 4) is 0 Å². The molecule has 0 radical (unpaired) electrons. The Morgan fingerprint density at radius 2 is 1.90 bits per heavy atom. The normalized spacial score (nSPS) is 13.9. The smallest absolute Gasteiger partial charge is 0.317 e. The molecule has 0 heterocycles. The van der Waals surface area contributed by atoms with Crippen LogP contribution in [0.25, 0.3) is 0 Å². The summed E-state index contributed by atoms with van der Waals surface area (Å²) in [6.07, 6.45) is 0. The summed E-state index contributed by atoms with van der Waals surface area (Å²) in [5, 5.41) is 12.2. The molecule has 0 saturated heterocycles. The van der Waals surface area contributed by atoms with Crippen LogP contribution in [-0.2, 0) is 0 Å². The van der Waals surface area contributed by atoms with Gasteiger partial charge in [-0.05, 0) is 30.9 Å². The van der Waals surface area contributed by atoms with Gasteiger partial charge in [-0.25, -0.2) is 4.79 Å². The number of aryl methyl sites for hydroxylation is 1. The fourth-order valence-corrected chi connectivity index (χ4v) is 2.10. The molecule has 0 spiro atoms. The van der Waals surface area contributed by atoms with E-state index < -0.39 is 0 Å². The Labute approximate surface area is 121 Å². The zero-order valence-corrected chi connectivity index (χ0v) is 13.1. The highest BCUT2D eigenvalue weighted by atomic mass is 16.3. The highest BCUT2D eigenvalue weighted by Gasteiger charge is 2.23. The first-order chi connectivity index (χ1) is 9.38. The van der Waals surface area contributed by atoms with Crippen LogP contribution in [0, 0.1) is 12.8 Å². The molecule has 2 atom stereocenters. The van der Waals surface area contributed by atoms with E-state index in [1.54, 1.807) is 7.05 Å². The molecule has 0 saturated carbocycles. The second-order valence-corrected chi connectivity index (χ2v) is 5.67. The van der Waals surface area contributed by atoms with Crippen molar-refractivity contribution in [3.63, 3.8) is 0 Å². The fraction of sp³-hybridized carbons (Fsp3) is 0.562. The summed E-state index contributed by atoms with van der Waals surface area (Å²) in [6, 6.07) is 7.71. The van der Waals surface area contributed by atoms with Crippen molar-refractivity contribution in [3.05, 3.63) is 35.4 Å². The maximum atomic E-state index is 12.2. The first kappa shape index (κ1) is 16.5. The van der Waals surface area contributed by atoms with E-state index in [4.69, 9.17) is 5.11 Å². The van der Waals surface area contributed by atoms with Crippen LogP contribution in [0.3, 0.4) is 0 Å². The quantitative estimate of drug-likeness (QED) is 0.870. The van der Waals surface area contributed by atoms with Crippen LogP contribution in [0.4, 0.5) is 4.79 Å². The van der Waals surface area contributed by atoms with E-state index >= 15 is 0 Å². The van der Waals surface area contributed by atoms with Gasteiger partial charge in [0.15, 0.2) is 0 Å². The van der Waals surface area contributed by atoms with Gasteiger partial charge in [0.05, 0.1) is 18.7 Å². The van der Waals surface area contributed by atoms with Gasteiger partial charge in [0.1, 0.15) is 0 Å². The number of aliphatic hydroxyl groups excluding tert-OH is 1. The van der Waals surface area contributed by atoms with Crippen molar-refractivity contribution in [1.29, 1.82) is 0 Å². The molecule has 0 bridgehead atoms. The SMILES string of the molecule is Cc1ccccc1C(NC(=O)N(C)C(C)CO)C(C)C. The Morgan fingerprint density at radius 3 is 2.40 bits per heavy atom. The topological polar surface area (TPSA) is 52.6 Å². The van der Waals surface area contributed by atoms with E-state index in [1.165, 1.54) is 10.5 Å². The lowest BCUT2D eigenvalue weighted by Crippen LogP contribution is -2.46. The van der Waals surface area contributed by atoms with Gasteiger partial charge < -0.3 is 15.3 Å². The van der Waals surface area contributed by atoms with E-state index in [9.17, 15) is 4.79 Å². The van der Waals surface area contributed by atoms with Gasteiger partial charge in [0.2, 0.25) is 0 Å². The van der Waals surface area contributed by atoms with E-state index in [1.807, 2.05) is 19.1 Å². The average Bonchev–Trinajstić information content (AvgIpc) is 2.43. The monoisotopic (exact) mass is 278 g/mol. The Bertz CT molecular complexity index is 446. The zero-order chi connectivity index (χ0) is 15.3. The number of hydrogen-bond acceptors (Lipinski definition) is 2. The molecule has 1 rings (SSSR count). The lowest BCUT2D eigenvalue weighted by atomic mass is 9.93. The third-order valence-corrected chi connectivity index (χ3v) is 3.71. The Hall–Kier alpha value is -1.55. The molecule has 0 aliphatic heterocycles. The molecule has 1 aromatic carbocycles. The van der Waals surface area contributed by atoms with Gasteiger partial charge in [-0.15, -0.1) is 0 Å². The number of urea groups is 1. The number of amides is 2. The number of nitrogens with zero attached hydrogens (tertiary/aromatic N) is 1. The minimum atomic E-state index is -0.195. The summed E-state index contributed by atoms with van der Waals surface area (Å²) in [4.78, 5) is 13.8. The van der Waals surface area contributed by atoms with E-state index in [2.05, 4.69) is 38.2 Å². The molecule has 20 heavy (non-hydrogen) atoms. The lowest BCUT2D eigenvalue weighted by Gasteiger charge is -2.29.